The summed E-state index contributed by atoms with van der Waals surface area (Å²) >= 11 is 6.32. The van der Waals surface area contributed by atoms with Gasteiger partial charge in [0.2, 0.25) is 0 Å². The lowest BCUT2D eigenvalue weighted by molar-refractivity contribution is 0.0939. The molecule has 0 saturated carbocycles. The van der Waals surface area contributed by atoms with E-state index in [0.717, 1.165) is 0 Å². The molecule has 0 aliphatic carbocycles. The lowest BCUT2D eigenvalue weighted by Gasteiger charge is -2.21. The fourth-order valence-electron chi connectivity index (χ4n) is 3.94. The summed E-state index contributed by atoms with van der Waals surface area (Å²) < 4.78 is 3.07. The second kappa shape index (κ2) is 9.52. The van der Waals surface area contributed by atoms with E-state index >= 15 is 0 Å². The molecule has 176 valence electrons. The molecule has 4 rings (SSSR count). The zero-order valence-electron chi connectivity index (χ0n) is 18.9. The van der Waals surface area contributed by atoms with E-state index < -0.39 is 6.04 Å². The Kier molecular flexibility index (Phi) is 6.51. The summed E-state index contributed by atoms with van der Waals surface area (Å²) in [6.07, 6.45) is 3.32. The molecule has 0 radical (unpaired) electrons. The van der Waals surface area contributed by atoms with Gasteiger partial charge in [-0.05, 0) is 37.4 Å². The Hall–Kier alpha value is -3.92. The average Bonchev–Trinajstić information content (AvgIpc) is 3.15. The molecule has 3 N–H and O–H groups in total. The first-order valence-electron chi connectivity index (χ1n) is 10.7. The van der Waals surface area contributed by atoms with Crippen LogP contribution in [0.2, 0.25) is 5.02 Å². The number of halogens is 1. The highest BCUT2D eigenvalue weighted by molar-refractivity contribution is 6.35. The van der Waals surface area contributed by atoms with E-state index in [1.807, 2.05) is 6.07 Å². The van der Waals surface area contributed by atoms with Crippen LogP contribution >= 0.6 is 11.6 Å². The van der Waals surface area contributed by atoms with Crippen molar-refractivity contribution in [2.24, 2.45) is 0 Å². The van der Waals surface area contributed by atoms with Crippen molar-refractivity contribution in [2.75, 3.05) is 13.6 Å². The lowest BCUT2D eigenvalue weighted by Crippen LogP contribution is -2.38. The number of amides is 3. The minimum absolute atomic E-state index is 0.195. The topological polar surface area (TPSA) is 122 Å². The maximum atomic E-state index is 13.4. The van der Waals surface area contributed by atoms with Crippen LogP contribution < -0.4 is 21.5 Å². The van der Waals surface area contributed by atoms with Gasteiger partial charge in [-0.1, -0.05) is 23.7 Å². The van der Waals surface area contributed by atoms with Gasteiger partial charge in [0.1, 0.15) is 5.56 Å². The van der Waals surface area contributed by atoms with Crippen molar-refractivity contribution in [1.29, 1.82) is 0 Å². The van der Waals surface area contributed by atoms with Gasteiger partial charge in [-0.15, -0.1) is 0 Å². The Morgan fingerprint density at radius 2 is 2.03 bits per heavy atom. The molecule has 0 bridgehead atoms. The number of hydrogen-bond acceptors (Lipinski definition) is 5. The van der Waals surface area contributed by atoms with Crippen LogP contribution in [0.1, 0.15) is 34.7 Å². The fourth-order valence-corrected chi connectivity index (χ4v) is 4.20. The van der Waals surface area contributed by atoms with Crippen LogP contribution in [0.5, 0.6) is 0 Å². The molecule has 1 atom stereocenters. The third kappa shape index (κ3) is 4.32. The predicted octanol–water partition coefficient (Wildman–Crippen LogP) is 2.43. The Labute approximate surface area is 199 Å². The minimum atomic E-state index is -0.540. The molecule has 34 heavy (non-hydrogen) atoms. The van der Waals surface area contributed by atoms with E-state index in [2.05, 4.69) is 26.0 Å². The summed E-state index contributed by atoms with van der Waals surface area (Å²) in [5, 5.41) is 13.8. The van der Waals surface area contributed by atoms with E-state index in [0.29, 0.717) is 38.4 Å². The number of benzene rings is 1. The van der Waals surface area contributed by atoms with Crippen molar-refractivity contribution >= 4 is 40.0 Å². The van der Waals surface area contributed by atoms with Crippen LogP contribution in [0, 0.1) is 6.92 Å². The number of nitrogens with zero attached hydrogens (tertiary/aromatic N) is 4. The molecule has 0 aliphatic heterocycles. The maximum absolute atomic E-state index is 13.4. The zero-order valence-corrected chi connectivity index (χ0v) is 19.7. The van der Waals surface area contributed by atoms with Crippen molar-refractivity contribution in [3.05, 3.63) is 75.1 Å². The highest BCUT2D eigenvalue weighted by Gasteiger charge is 2.22. The summed E-state index contributed by atoms with van der Waals surface area (Å²) in [5.74, 6) is -0.354. The first kappa shape index (κ1) is 23.2. The summed E-state index contributed by atoms with van der Waals surface area (Å²) in [6, 6.07) is 7.89. The summed E-state index contributed by atoms with van der Waals surface area (Å²) in [6.45, 7) is 3.94. The number of aromatic nitrogens is 4. The molecule has 0 aliphatic rings. The molecule has 4 aromatic rings. The van der Waals surface area contributed by atoms with Crippen LogP contribution in [-0.4, -0.2) is 44.7 Å². The van der Waals surface area contributed by atoms with Gasteiger partial charge in [0.25, 0.3) is 11.5 Å². The first-order valence-corrected chi connectivity index (χ1v) is 11.1. The molecule has 10 nitrogen and oxygen atoms in total. The average molecular weight is 482 g/mol. The SMILES string of the molecule is CNC(=O)NCCn1c([C@H](C)NC(=O)c2c(C)nn3cccnc23)cc2cccc(Cl)c2c1=O. The summed E-state index contributed by atoms with van der Waals surface area (Å²) in [7, 11) is 1.51. The van der Waals surface area contributed by atoms with Crippen LogP contribution in [0.15, 0.2) is 47.5 Å². The van der Waals surface area contributed by atoms with E-state index in [9.17, 15) is 14.4 Å². The molecule has 11 heteroatoms. The smallest absolute Gasteiger partial charge is 0.314 e. The second-order valence-corrected chi connectivity index (χ2v) is 8.19. The number of carbonyl (C=O) groups is 2. The number of hydrogen-bond donors (Lipinski definition) is 3. The quantitative estimate of drug-likeness (QED) is 0.390. The van der Waals surface area contributed by atoms with E-state index in [-0.39, 0.29) is 30.6 Å². The van der Waals surface area contributed by atoms with Gasteiger partial charge in [-0.3, -0.25) is 9.59 Å². The second-order valence-electron chi connectivity index (χ2n) is 7.78. The van der Waals surface area contributed by atoms with Gasteiger partial charge < -0.3 is 20.5 Å². The number of pyridine rings is 1. The number of fused-ring (bicyclic) bond motifs is 2. The summed E-state index contributed by atoms with van der Waals surface area (Å²) in [4.78, 5) is 42.4. The minimum Gasteiger partial charge on any atom is -0.344 e. The van der Waals surface area contributed by atoms with Gasteiger partial charge in [0.05, 0.1) is 22.1 Å². The first-order chi connectivity index (χ1) is 16.3. The van der Waals surface area contributed by atoms with Crippen molar-refractivity contribution in [3.63, 3.8) is 0 Å². The van der Waals surface area contributed by atoms with Gasteiger partial charge in [0, 0.05) is 38.2 Å². The van der Waals surface area contributed by atoms with Crippen molar-refractivity contribution in [1.82, 2.24) is 35.1 Å². The molecule has 0 saturated heterocycles. The standard InChI is InChI=1S/C23H24ClN7O3/c1-13(28-21(32)18-14(2)29-31-10-5-8-26-20(18)31)17-12-15-6-4-7-16(24)19(15)22(33)30(17)11-9-27-23(34)25-3/h4-8,10,12-13H,9,11H2,1-3H3,(H,28,32)(H2,25,27,34)/t13-/m0/s1. The fraction of sp³-hybridized carbons (Fsp3) is 0.261. The number of nitrogens with one attached hydrogen (secondary N) is 3. The molecule has 0 fully saturated rings. The lowest BCUT2D eigenvalue weighted by atomic mass is 10.1. The third-order valence-electron chi connectivity index (χ3n) is 5.56. The van der Waals surface area contributed by atoms with Crippen molar-refractivity contribution < 1.29 is 9.59 Å². The van der Waals surface area contributed by atoms with Gasteiger partial charge in [-0.2, -0.15) is 5.10 Å². The van der Waals surface area contributed by atoms with E-state index in [1.54, 1.807) is 55.0 Å². The van der Waals surface area contributed by atoms with E-state index in [1.165, 1.54) is 11.6 Å². The number of urea groups is 1. The summed E-state index contributed by atoms with van der Waals surface area (Å²) in [5.41, 5.74) is 1.63. The predicted molar refractivity (Wildman–Crippen MR) is 129 cm³/mol. The van der Waals surface area contributed by atoms with Crippen LogP contribution in [0.25, 0.3) is 16.4 Å². The molecule has 3 aromatic heterocycles. The van der Waals surface area contributed by atoms with Crippen molar-refractivity contribution in [3.8, 4) is 0 Å². The third-order valence-corrected chi connectivity index (χ3v) is 5.87. The molecule has 3 heterocycles. The largest absolute Gasteiger partial charge is 0.344 e. The monoisotopic (exact) mass is 481 g/mol. The molecular formula is C23H24ClN7O3. The Morgan fingerprint density at radius 1 is 1.24 bits per heavy atom. The van der Waals surface area contributed by atoms with Gasteiger partial charge >= 0.3 is 6.03 Å². The van der Waals surface area contributed by atoms with Crippen LogP contribution in [0.3, 0.4) is 0 Å². The highest BCUT2D eigenvalue weighted by atomic mass is 35.5. The molecule has 0 spiro atoms. The number of rotatable bonds is 6. The molecule has 0 unspecified atom stereocenters. The van der Waals surface area contributed by atoms with Crippen molar-refractivity contribution in [2.45, 2.75) is 26.4 Å². The molecule has 1 aromatic carbocycles. The van der Waals surface area contributed by atoms with Gasteiger partial charge in [0.15, 0.2) is 5.65 Å². The van der Waals surface area contributed by atoms with Crippen LogP contribution in [0.4, 0.5) is 4.79 Å². The maximum Gasteiger partial charge on any atom is 0.314 e. The number of carbonyl (C=O) groups excluding carboxylic acids is 2. The Bertz CT molecular complexity index is 1460. The number of aryl methyl sites for hydroxylation is 1. The highest BCUT2D eigenvalue weighted by Crippen LogP contribution is 2.24. The Balaban J connectivity index is 1.72. The normalized spacial score (nSPS) is 12.0. The van der Waals surface area contributed by atoms with Crippen LogP contribution in [-0.2, 0) is 6.54 Å². The zero-order chi connectivity index (χ0) is 24.4. The molecular weight excluding hydrogens is 458 g/mol. The van der Waals surface area contributed by atoms with Gasteiger partial charge in [-0.25, -0.2) is 14.3 Å². The Morgan fingerprint density at radius 3 is 2.79 bits per heavy atom. The molecule has 3 amide bonds. The van der Waals surface area contributed by atoms with E-state index in [4.69, 9.17) is 11.6 Å².